The van der Waals surface area contributed by atoms with E-state index in [9.17, 15) is 5.26 Å². The van der Waals surface area contributed by atoms with Crippen LogP contribution in [0.1, 0.15) is 18.9 Å². The fourth-order valence-electron chi connectivity index (χ4n) is 1.75. The molecule has 0 bridgehead atoms. The highest BCUT2D eigenvalue weighted by Gasteiger charge is 2.38. The van der Waals surface area contributed by atoms with Gasteiger partial charge in [-0.25, -0.2) is 0 Å². The summed E-state index contributed by atoms with van der Waals surface area (Å²) in [6, 6.07) is 7.42. The van der Waals surface area contributed by atoms with Crippen molar-refractivity contribution in [1.82, 2.24) is 0 Å². The molecule has 0 saturated carbocycles. The number of alkyl halides is 1. The maximum absolute atomic E-state index is 9.58. The number of benzene rings is 1. The molecule has 6 heteroatoms. The summed E-state index contributed by atoms with van der Waals surface area (Å²) in [5.41, 5.74) is 0.133. The van der Waals surface area contributed by atoms with Gasteiger partial charge in [-0.05, 0) is 37.2 Å². The van der Waals surface area contributed by atoms with Gasteiger partial charge in [-0.1, -0.05) is 36.2 Å². The molecule has 0 aliphatic heterocycles. The summed E-state index contributed by atoms with van der Waals surface area (Å²) in [6.45, 7) is 5.88. The van der Waals surface area contributed by atoms with Crippen LogP contribution >= 0.6 is 34.8 Å². The summed E-state index contributed by atoms with van der Waals surface area (Å²) in [5, 5.41) is 10.5. The normalized spacial score (nSPS) is 14.8. The van der Waals surface area contributed by atoms with Crippen molar-refractivity contribution in [2.45, 2.75) is 32.0 Å². The molecule has 0 radical (unpaired) electrons. The lowest BCUT2D eigenvalue weighted by atomic mass is 9.93. The Hall–Kier alpha value is -0.243. The van der Waals surface area contributed by atoms with Gasteiger partial charge in [-0.3, -0.25) is 0 Å². The molecule has 19 heavy (non-hydrogen) atoms. The molecule has 1 atom stereocenters. The quantitative estimate of drug-likeness (QED) is 0.552. The molecule has 0 N–H and O–H groups in total. The minimum absolute atomic E-state index is 0.418. The second-order valence-electron chi connectivity index (χ2n) is 4.92. The van der Waals surface area contributed by atoms with Crippen LogP contribution in [-0.4, -0.2) is 13.8 Å². The lowest BCUT2D eigenvalue weighted by Gasteiger charge is -2.34. The van der Waals surface area contributed by atoms with Crippen LogP contribution < -0.4 is 0 Å². The van der Waals surface area contributed by atoms with E-state index in [1.807, 2.05) is 20.0 Å². The van der Waals surface area contributed by atoms with E-state index in [4.69, 9.17) is 39.2 Å². The van der Waals surface area contributed by atoms with Crippen LogP contribution in [0.5, 0.6) is 0 Å². The Morgan fingerprint density at radius 3 is 2.37 bits per heavy atom. The third kappa shape index (κ3) is 3.87. The van der Waals surface area contributed by atoms with Crippen molar-refractivity contribution in [3.63, 3.8) is 0 Å². The molecular weight excluding hydrogens is 321 g/mol. The molecule has 0 amide bonds. The van der Waals surface area contributed by atoms with Gasteiger partial charge in [0.1, 0.15) is 6.07 Å². The molecule has 0 heterocycles. The van der Waals surface area contributed by atoms with Crippen molar-refractivity contribution < 1.29 is 4.43 Å². The van der Waals surface area contributed by atoms with Crippen molar-refractivity contribution in [3.05, 3.63) is 33.8 Å². The first-order valence-corrected chi connectivity index (χ1v) is 10.3. The van der Waals surface area contributed by atoms with Crippen LogP contribution in [0, 0.1) is 11.3 Å². The van der Waals surface area contributed by atoms with Crippen LogP contribution in [0.15, 0.2) is 18.2 Å². The smallest absolute Gasteiger partial charge is 0.203 e. The first-order valence-electron chi connectivity index (χ1n) is 5.93. The van der Waals surface area contributed by atoms with Crippen LogP contribution in [-0.2, 0) is 10.0 Å². The van der Waals surface area contributed by atoms with Gasteiger partial charge in [0.25, 0.3) is 0 Å². The van der Waals surface area contributed by atoms with E-state index >= 15 is 0 Å². The van der Waals surface area contributed by atoms with E-state index in [1.165, 1.54) is 0 Å². The molecule has 0 aromatic heterocycles. The van der Waals surface area contributed by atoms with E-state index in [0.29, 0.717) is 22.0 Å². The predicted molar refractivity (Wildman–Crippen MR) is 83.3 cm³/mol. The molecule has 0 saturated heterocycles. The van der Waals surface area contributed by atoms with Crippen molar-refractivity contribution in [1.29, 1.82) is 5.26 Å². The van der Waals surface area contributed by atoms with Gasteiger partial charge in [-0.15, -0.1) is 11.6 Å². The summed E-state index contributed by atoms with van der Waals surface area (Å²) in [5.74, 6) is 0. The number of halogens is 3. The largest absolute Gasteiger partial charge is 0.395 e. The summed E-state index contributed by atoms with van der Waals surface area (Å²) < 4.78 is 6.10. The lowest BCUT2D eigenvalue weighted by molar-refractivity contribution is 0.114. The summed E-state index contributed by atoms with van der Waals surface area (Å²) in [6.07, 6.45) is 0.523. The fourth-order valence-corrected chi connectivity index (χ4v) is 3.52. The van der Waals surface area contributed by atoms with E-state index in [1.54, 1.807) is 18.2 Å². The van der Waals surface area contributed by atoms with E-state index in [2.05, 4.69) is 6.07 Å². The second-order valence-corrected chi connectivity index (χ2v) is 10.5. The molecule has 0 spiro atoms. The Kier molecular flexibility index (Phi) is 5.73. The standard InChI is InChI=1S/C13H16Cl3NOSi/c1-4-13(8-17,18-19(2,3)9-14)10-5-6-11(15)12(16)7-10/h5-7H,4,9H2,1-3H3. The zero-order valence-corrected chi connectivity index (χ0v) is 14.4. The number of rotatable bonds is 5. The molecular formula is C13H16Cl3NOSi. The maximum Gasteiger partial charge on any atom is 0.203 e. The first kappa shape index (κ1) is 16.8. The zero-order valence-electron chi connectivity index (χ0n) is 11.1. The van der Waals surface area contributed by atoms with Gasteiger partial charge in [0.05, 0.1) is 10.0 Å². The number of nitrogens with zero attached hydrogens (tertiary/aromatic N) is 1. The lowest BCUT2D eigenvalue weighted by Crippen LogP contribution is -2.43. The highest BCUT2D eigenvalue weighted by molar-refractivity contribution is 6.77. The zero-order chi connectivity index (χ0) is 14.7. The average molecular weight is 337 g/mol. The Balaban J connectivity index is 3.26. The Morgan fingerprint density at radius 1 is 1.32 bits per heavy atom. The van der Waals surface area contributed by atoms with E-state index in [0.717, 1.165) is 5.56 Å². The number of hydrogen-bond donors (Lipinski definition) is 0. The molecule has 1 aromatic carbocycles. The molecule has 1 aromatic rings. The third-order valence-corrected chi connectivity index (χ3v) is 7.05. The first-order chi connectivity index (χ1) is 8.80. The van der Waals surface area contributed by atoms with E-state index in [-0.39, 0.29) is 0 Å². The van der Waals surface area contributed by atoms with Crippen molar-refractivity contribution in [2.24, 2.45) is 0 Å². The highest BCUT2D eigenvalue weighted by Crippen LogP contribution is 2.35. The van der Waals surface area contributed by atoms with Gasteiger partial charge in [0.15, 0.2) is 5.60 Å². The SMILES string of the molecule is CCC(C#N)(O[Si](C)(C)CCl)c1ccc(Cl)c(Cl)c1. The van der Waals surface area contributed by atoms with E-state index < -0.39 is 13.9 Å². The third-order valence-electron chi connectivity index (χ3n) is 2.84. The molecule has 0 aliphatic rings. The topological polar surface area (TPSA) is 33.0 Å². The molecule has 0 fully saturated rings. The van der Waals surface area contributed by atoms with Crippen molar-refractivity contribution in [2.75, 3.05) is 5.50 Å². The van der Waals surface area contributed by atoms with Gasteiger partial charge < -0.3 is 4.43 Å². The minimum atomic E-state index is -2.10. The van der Waals surface area contributed by atoms with Gasteiger partial charge >= 0.3 is 0 Å². The summed E-state index contributed by atoms with van der Waals surface area (Å²) in [4.78, 5) is 0. The van der Waals surface area contributed by atoms with Gasteiger partial charge in [0, 0.05) is 5.50 Å². The Labute approximate surface area is 130 Å². The molecule has 2 nitrogen and oxygen atoms in total. The molecule has 1 rings (SSSR count). The number of hydrogen-bond acceptors (Lipinski definition) is 2. The van der Waals surface area contributed by atoms with Crippen molar-refractivity contribution in [3.8, 4) is 6.07 Å². The van der Waals surface area contributed by atoms with Crippen LogP contribution in [0.3, 0.4) is 0 Å². The van der Waals surface area contributed by atoms with Crippen LogP contribution in [0.25, 0.3) is 0 Å². The Bertz CT molecular complexity index is 501. The summed E-state index contributed by atoms with van der Waals surface area (Å²) in [7, 11) is -2.10. The summed E-state index contributed by atoms with van der Waals surface area (Å²) >= 11 is 17.9. The molecule has 1 unspecified atom stereocenters. The number of nitriles is 1. The molecule has 0 aliphatic carbocycles. The fraction of sp³-hybridized carbons (Fsp3) is 0.462. The second kappa shape index (κ2) is 6.47. The van der Waals surface area contributed by atoms with Crippen LogP contribution in [0.2, 0.25) is 23.1 Å². The predicted octanol–water partition coefficient (Wildman–Crippen LogP) is 5.12. The van der Waals surface area contributed by atoms with Gasteiger partial charge in [-0.2, -0.15) is 5.26 Å². The van der Waals surface area contributed by atoms with Crippen molar-refractivity contribution >= 4 is 43.1 Å². The minimum Gasteiger partial charge on any atom is -0.395 e. The van der Waals surface area contributed by atoms with Crippen LogP contribution in [0.4, 0.5) is 0 Å². The highest BCUT2D eigenvalue weighted by atomic mass is 35.5. The van der Waals surface area contributed by atoms with Gasteiger partial charge in [0.2, 0.25) is 8.32 Å². The maximum atomic E-state index is 9.58. The monoisotopic (exact) mass is 335 g/mol. The Morgan fingerprint density at radius 2 is 1.95 bits per heavy atom. The molecule has 104 valence electrons. The average Bonchev–Trinajstić information content (AvgIpc) is 2.39.